The van der Waals surface area contributed by atoms with Gasteiger partial charge in [-0.15, -0.1) is 0 Å². The molecule has 0 radical (unpaired) electrons. The first kappa shape index (κ1) is 22.6. The number of aliphatic hydroxyl groups is 1. The minimum Gasteiger partial charge on any atom is -0.507 e. The summed E-state index contributed by atoms with van der Waals surface area (Å²) < 4.78 is 5.22. The summed E-state index contributed by atoms with van der Waals surface area (Å²) in [4.78, 5) is 42.6. The second-order valence-corrected chi connectivity index (χ2v) is 8.24. The topological polar surface area (TPSA) is 123 Å². The van der Waals surface area contributed by atoms with Gasteiger partial charge in [0.15, 0.2) is 0 Å². The van der Waals surface area contributed by atoms with Gasteiger partial charge >= 0.3 is 5.97 Å². The number of carbonyl (C=O) groups is 3. The maximum Gasteiger partial charge on any atom is 0.308 e. The van der Waals surface area contributed by atoms with Crippen LogP contribution in [0.2, 0.25) is 0 Å². The molecule has 5 rings (SSSR count). The van der Waals surface area contributed by atoms with Crippen molar-refractivity contribution in [3.63, 3.8) is 0 Å². The predicted octanol–water partition coefficient (Wildman–Crippen LogP) is 4.59. The number of aromatic nitrogens is 1. The minimum atomic E-state index is -1.01. The van der Waals surface area contributed by atoms with Crippen molar-refractivity contribution in [1.82, 2.24) is 4.98 Å². The first-order valence-corrected chi connectivity index (χ1v) is 11.0. The standard InChI is InChI=1S/C28H19N3O5/c1-16(32)36-20-6-4-5-18(13-20)25-24(26(33)22-15-30-23-8-3-2-7-21(22)23)27(34)28(35)31(25)19-11-9-17(14-29)10-12-19/h2-13,15,25,30,33H,1H3/b26-24-. The van der Waals surface area contributed by atoms with E-state index in [0.29, 0.717) is 27.8 Å². The van der Waals surface area contributed by atoms with Crippen molar-refractivity contribution in [2.24, 2.45) is 0 Å². The van der Waals surface area contributed by atoms with Gasteiger partial charge in [-0.25, -0.2) is 0 Å². The number of fused-ring (bicyclic) bond motifs is 1. The molecule has 2 N–H and O–H groups in total. The first-order chi connectivity index (χ1) is 17.4. The van der Waals surface area contributed by atoms with Gasteiger partial charge in [0.25, 0.3) is 11.7 Å². The number of anilines is 1. The fourth-order valence-corrected chi connectivity index (χ4v) is 4.44. The monoisotopic (exact) mass is 477 g/mol. The van der Waals surface area contributed by atoms with Crippen LogP contribution in [0, 0.1) is 11.3 Å². The summed E-state index contributed by atoms with van der Waals surface area (Å²) >= 11 is 0. The lowest BCUT2D eigenvalue weighted by Crippen LogP contribution is -2.29. The molecule has 0 aliphatic carbocycles. The summed E-state index contributed by atoms with van der Waals surface area (Å²) in [5.74, 6) is -2.30. The minimum absolute atomic E-state index is 0.103. The average Bonchev–Trinajstić information content (AvgIpc) is 3.42. The number of nitriles is 1. The summed E-state index contributed by atoms with van der Waals surface area (Å²) in [5.41, 5.74) is 2.26. The summed E-state index contributed by atoms with van der Waals surface area (Å²) in [6.07, 6.45) is 1.58. The zero-order chi connectivity index (χ0) is 25.4. The zero-order valence-electron chi connectivity index (χ0n) is 19.1. The van der Waals surface area contributed by atoms with Crippen LogP contribution in [0.25, 0.3) is 16.7 Å². The van der Waals surface area contributed by atoms with Crippen molar-refractivity contribution in [3.05, 3.63) is 101 Å². The molecular formula is C28H19N3O5. The number of aliphatic hydroxyl groups excluding tert-OH is 1. The van der Waals surface area contributed by atoms with Gasteiger partial charge in [0, 0.05) is 35.3 Å². The van der Waals surface area contributed by atoms with Gasteiger partial charge in [-0.1, -0.05) is 30.3 Å². The van der Waals surface area contributed by atoms with E-state index in [1.54, 1.807) is 60.8 Å². The highest BCUT2D eigenvalue weighted by atomic mass is 16.5. The Morgan fingerprint density at radius 2 is 1.81 bits per heavy atom. The number of esters is 1. The lowest BCUT2D eigenvalue weighted by Gasteiger charge is -2.25. The summed E-state index contributed by atoms with van der Waals surface area (Å²) in [6, 6.07) is 21.0. The fourth-order valence-electron chi connectivity index (χ4n) is 4.44. The van der Waals surface area contributed by atoms with E-state index in [1.807, 2.05) is 24.3 Å². The van der Waals surface area contributed by atoms with Crippen molar-refractivity contribution >= 4 is 40.0 Å². The molecule has 1 atom stereocenters. The lowest BCUT2D eigenvalue weighted by atomic mass is 9.94. The highest BCUT2D eigenvalue weighted by molar-refractivity contribution is 6.51. The summed E-state index contributed by atoms with van der Waals surface area (Å²) in [7, 11) is 0. The van der Waals surface area contributed by atoms with E-state index in [9.17, 15) is 19.5 Å². The van der Waals surface area contributed by atoms with Crippen LogP contribution in [0.15, 0.2) is 84.6 Å². The molecule has 1 fully saturated rings. The summed E-state index contributed by atoms with van der Waals surface area (Å²) in [6.45, 7) is 1.27. The molecule has 4 aromatic rings. The molecule has 1 saturated heterocycles. The highest BCUT2D eigenvalue weighted by Gasteiger charge is 2.47. The molecule has 0 saturated carbocycles. The van der Waals surface area contributed by atoms with Gasteiger partial charge in [-0.05, 0) is 48.0 Å². The van der Waals surface area contributed by atoms with Crippen molar-refractivity contribution < 1.29 is 24.2 Å². The molecule has 2 heterocycles. The Labute approximate surface area is 205 Å². The number of Topliss-reactive ketones (excluding diaryl/α,β-unsaturated/α-hetero) is 1. The molecule has 1 unspecified atom stereocenters. The van der Waals surface area contributed by atoms with Crippen LogP contribution < -0.4 is 9.64 Å². The molecule has 0 spiro atoms. The number of nitrogens with zero attached hydrogens (tertiary/aromatic N) is 2. The van der Waals surface area contributed by atoms with Gasteiger partial charge in [0.1, 0.15) is 11.5 Å². The van der Waals surface area contributed by atoms with Crippen molar-refractivity contribution in [2.45, 2.75) is 13.0 Å². The van der Waals surface area contributed by atoms with Gasteiger partial charge < -0.3 is 14.8 Å². The number of benzene rings is 3. The molecule has 8 nitrogen and oxygen atoms in total. The van der Waals surface area contributed by atoms with E-state index < -0.39 is 23.7 Å². The number of H-pyrrole nitrogens is 1. The molecule has 3 aromatic carbocycles. The largest absolute Gasteiger partial charge is 0.507 e. The SMILES string of the molecule is CC(=O)Oc1cccc(C2/C(=C(/O)c3c[nH]c4ccccc34)C(=O)C(=O)N2c2ccc(C#N)cc2)c1. The number of para-hydroxylation sites is 1. The van der Waals surface area contributed by atoms with Crippen LogP contribution in [-0.2, 0) is 14.4 Å². The van der Waals surface area contributed by atoms with Crippen LogP contribution in [0.1, 0.15) is 29.7 Å². The van der Waals surface area contributed by atoms with E-state index >= 15 is 0 Å². The third-order valence-electron chi connectivity index (χ3n) is 6.00. The van der Waals surface area contributed by atoms with Gasteiger partial charge in [-0.2, -0.15) is 5.26 Å². The zero-order valence-corrected chi connectivity index (χ0v) is 19.1. The molecular weight excluding hydrogens is 458 g/mol. The molecule has 0 bridgehead atoms. The molecule has 8 heteroatoms. The maximum absolute atomic E-state index is 13.4. The second-order valence-electron chi connectivity index (χ2n) is 8.24. The van der Waals surface area contributed by atoms with Gasteiger partial charge in [-0.3, -0.25) is 19.3 Å². The van der Waals surface area contributed by atoms with Crippen LogP contribution in [0.4, 0.5) is 5.69 Å². The van der Waals surface area contributed by atoms with E-state index in [4.69, 9.17) is 10.00 Å². The van der Waals surface area contributed by atoms with Crippen LogP contribution in [0.5, 0.6) is 5.75 Å². The number of hydrogen-bond donors (Lipinski definition) is 2. The van der Waals surface area contributed by atoms with Crippen LogP contribution in [-0.4, -0.2) is 27.8 Å². The Balaban J connectivity index is 1.74. The lowest BCUT2D eigenvalue weighted by molar-refractivity contribution is -0.132. The number of aromatic amines is 1. The first-order valence-electron chi connectivity index (χ1n) is 11.0. The van der Waals surface area contributed by atoms with E-state index in [-0.39, 0.29) is 17.1 Å². The van der Waals surface area contributed by atoms with Crippen molar-refractivity contribution in [2.75, 3.05) is 4.90 Å². The molecule has 1 amide bonds. The third-order valence-corrected chi connectivity index (χ3v) is 6.00. The molecule has 1 aliphatic heterocycles. The van der Waals surface area contributed by atoms with Crippen molar-refractivity contribution in [1.29, 1.82) is 5.26 Å². The Hall–Kier alpha value is -5.16. The number of amides is 1. The van der Waals surface area contributed by atoms with Gasteiger partial charge in [0.05, 0.1) is 23.2 Å². The number of ketones is 1. The number of carbonyl (C=O) groups excluding carboxylic acids is 3. The maximum atomic E-state index is 13.4. The third kappa shape index (κ3) is 3.79. The Kier molecular flexibility index (Phi) is 5.59. The van der Waals surface area contributed by atoms with Crippen LogP contribution >= 0.6 is 0 Å². The van der Waals surface area contributed by atoms with E-state index in [1.165, 1.54) is 11.8 Å². The number of ether oxygens (including phenoxy) is 1. The van der Waals surface area contributed by atoms with E-state index in [2.05, 4.69) is 4.98 Å². The molecule has 1 aliphatic rings. The number of rotatable bonds is 4. The Bertz CT molecular complexity index is 1610. The van der Waals surface area contributed by atoms with Crippen molar-refractivity contribution in [3.8, 4) is 11.8 Å². The molecule has 176 valence electrons. The highest BCUT2D eigenvalue weighted by Crippen LogP contribution is 2.43. The molecule has 36 heavy (non-hydrogen) atoms. The molecule has 1 aromatic heterocycles. The smallest absolute Gasteiger partial charge is 0.308 e. The summed E-state index contributed by atoms with van der Waals surface area (Å²) in [5, 5.41) is 21.3. The average molecular weight is 477 g/mol. The predicted molar refractivity (Wildman–Crippen MR) is 132 cm³/mol. The quantitative estimate of drug-likeness (QED) is 0.146. The Morgan fingerprint density at radius 1 is 1.06 bits per heavy atom. The van der Waals surface area contributed by atoms with Gasteiger partial charge in [0.2, 0.25) is 0 Å². The number of hydrogen-bond acceptors (Lipinski definition) is 6. The fraction of sp³-hybridized carbons (Fsp3) is 0.0714. The normalized spacial score (nSPS) is 16.8. The number of nitrogens with one attached hydrogen (secondary N) is 1. The van der Waals surface area contributed by atoms with Crippen LogP contribution in [0.3, 0.4) is 0 Å². The second kappa shape index (κ2) is 8.89. The van der Waals surface area contributed by atoms with E-state index in [0.717, 1.165) is 5.52 Å². The Morgan fingerprint density at radius 3 is 2.53 bits per heavy atom.